The summed E-state index contributed by atoms with van der Waals surface area (Å²) in [6, 6.07) is 14.2. The van der Waals surface area contributed by atoms with Gasteiger partial charge in [-0.1, -0.05) is 36.4 Å². The van der Waals surface area contributed by atoms with Crippen LogP contribution in [-0.4, -0.2) is 76.5 Å². The number of hydrogen-bond acceptors (Lipinski definition) is 7. The predicted molar refractivity (Wildman–Crippen MR) is 159 cm³/mol. The van der Waals surface area contributed by atoms with Gasteiger partial charge in [0.2, 0.25) is 5.91 Å². The molecule has 2 unspecified atom stereocenters. The number of carboxylic acid groups (broad SMARTS) is 1. The van der Waals surface area contributed by atoms with Gasteiger partial charge in [-0.25, -0.2) is 0 Å². The summed E-state index contributed by atoms with van der Waals surface area (Å²) in [4.78, 5) is 54.6. The number of hydrogen-bond donors (Lipinski definition) is 3. The molecule has 0 aliphatic carbocycles. The lowest BCUT2D eigenvalue weighted by molar-refractivity contribution is -0.162. The zero-order valence-electron chi connectivity index (χ0n) is 24.7. The topological polar surface area (TPSA) is 142 Å². The molecular weight excluding hydrogens is 536 g/mol. The van der Waals surface area contributed by atoms with Gasteiger partial charge in [-0.3, -0.25) is 19.2 Å². The Morgan fingerprint density at radius 2 is 1.79 bits per heavy atom. The van der Waals surface area contributed by atoms with Crippen molar-refractivity contribution in [2.75, 3.05) is 31.5 Å². The first kappa shape index (κ1) is 31.0. The molecule has 0 radical (unpaired) electrons. The lowest BCUT2D eigenvalue weighted by atomic mass is 9.84. The molecule has 2 amide bonds. The quantitative estimate of drug-likeness (QED) is 0.385. The molecule has 1 saturated heterocycles. The van der Waals surface area contributed by atoms with Crippen LogP contribution in [0.5, 0.6) is 0 Å². The van der Waals surface area contributed by atoms with Crippen LogP contribution in [-0.2, 0) is 32.1 Å². The number of amides is 2. The minimum absolute atomic E-state index is 0.0345. The normalized spacial score (nSPS) is 18.5. The van der Waals surface area contributed by atoms with Gasteiger partial charge in [0.1, 0.15) is 11.6 Å². The number of anilines is 1. The first-order valence-corrected chi connectivity index (χ1v) is 14.6. The molecule has 4 rings (SSSR count). The number of likely N-dealkylation sites (tertiary alicyclic amines) is 1. The summed E-state index contributed by atoms with van der Waals surface area (Å²) < 4.78 is 5.57. The third-order valence-corrected chi connectivity index (χ3v) is 7.91. The van der Waals surface area contributed by atoms with Gasteiger partial charge in [0.25, 0.3) is 5.91 Å². The Morgan fingerprint density at radius 3 is 2.40 bits per heavy atom. The van der Waals surface area contributed by atoms with Crippen molar-refractivity contribution >= 4 is 29.4 Å². The van der Waals surface area contributed by atoms with Crippen molar-refractivity contribution in [3.63, 3.8) is 0 Å². The van der Waals surface area contributed by atoms with Crippen LogP contribution in [0.1, 0.15) is 61.5 Å². The fourth-order valence-corrected chi connectivity index (χ4v) is 5.69. The molecule has 10 nitrogen and oxygen atoms in total. The summed E-state index contributed by atoms with van der Waals surface area (Å²) in [5, 5.41) is 12.6. The molecule has 2 heterocycles. The van der Waals surface area contributed by atoms with Crippen LogP contribution in [0.4, 0.5) is 5.69 Å². The van der Waals surface area contributed by atoms with E-state index in [2.05, 4.69) is 5.32 Å². The number of rotatable bonds is 9. The summed E-state index contributed by atoms with van der Waals surface area (Å²) in [5.74, 6) is -2.18. The number of esters is 1. The highest BCUT2D eigenvalue weighted by Gasteiger charge is 2.35. The van der Waals surface area contributed by atoms with E-state index in [1.165, 1.54) is 0 Å². The second-order valence-electron chi connectivity index (χ2n) is 12.2. The van der Waals surface area contributed by atoms with Crippen LogP contribution in [0, 0.1) is 11.8 Å². The highest BCUT2D eigenvalue weighted by atomic mass is 16.6. The van der Waals surface area contributed by atoms with Gasteiger partial charge in [-0.15, -0.1) is 0 Å². The summed E-state index contributed by atoms with van der Waals surface area (Å²) in [7, 11) is 0. The molecule has 42 heavy (non-hydrogen) atoms. The van der Waals surface area contributed by atoms with Crippen molar-refractivity contribution in [1.82, 2.24) is 9.80 Å². The number of carbonyl (C=O) groups is 4. The van der Waals surface area contributed by atoms with E-state index in [0.717, 1.165) is 11.1 Å². The highest BCUT2D eigenvalue weighted by Crippen LogP contribution is 2.30. The lowest BCUT2D eigenvalue weighted by Gasteiger charge is -2.36. The minimum Gasteiger partial charge on any atom is -0.481 e. The second kappa shape index (κ2) is 13.4. The van der Waals surface area contributed by atoms with Gasteiger partial charge >= 0.3 is 11.9 Å². The van der Waals surface area contributed by atoms with E-state index in [9.17, 15) is 24.3 Å². The van der Waals surface area contributed by atoms with Crippen molar-refractivity contribution in [1.29, 1.82) is 0 Å². The fraction of sp³-hybridized carbons (Fsp3) is 0.500. The Kier molecular flexibility index (Phi) is 9.88. The average molecular weight is 579 g/mol. The number of aliphatic carboxylic acids is 1. The SMILES string of the molecule is CC(C)(C)OC(=O)C(CN)C1CCN(C(=O)c2ccc3c(c2)NC(CC(=O)O)C(=O)N(CCc2ccccc2)C3)CC1. The number of fused-ring (bicyclic) bond motifs is 1. The zero-order chi connectivity index (χ0) is 30.4. The molecule has 0 spiro atoms. The third-order valence-electron chi connectivity index (χ3n) is 7.91. The molecule has 226 valence electrons. The first-order chi connectivity index (χ1) is 19.9. The van der Waals surface area contributed by atoms with Crippen LogP contribution in [0.15, 0.2) is 48.5 Å². The van der Waals surface area contributed by atoms with Crippen LogP contribution in [0.25, 0.3) is 0 Å². The molecular formula is C32H42N4O6. The van der Waals surface area contributed by atoms with Crippen LogP contribution < -0.4 is 11.1 Å². The van der Waals surface area contributed by atoms with Gasteiger partial charge in [0.05, 0.1) is 12.3 Å². The fourth-order valence-electron chi connectivity index (χ4n) is 5.69. The monoisotopic (exact) mass is 578 g/mol. The average Bonchev–Trinajstić information content (AvgIpc) is 3.07. The van der Waals surface area contributed by atoms with Crippen molar-refractivity contribution in [3.8, 4) is 0 Å². The largest absolute Gasteiger partial charge is 0.481 e. The molecule has 2 aliphatic rings. The number of piperidine rings is 1. The van der Waals surface area contributed by atoms with Crippen molar-refractivity contribution in [2.45, 2.75) is 64.6 Å². The number of carboxylic acids is 1. The minimum atomic E-state index is -1.08. The first-order valence-electron chi connectivity index (χ1n) is 14.6. The van der Waals surface area contributed by atoms with Crippen LogP contribution in [0.3, 0.4) is 0 Å². The number of benzene rings is 2. The maximum absolute atomic E-state index is 13.5. The molecule has 0 aromatic heterocycles. The summed E-state index contributed by atoms with van der Waals surface area (Å²) in [6.07, 6.45) is 1.56. The molecule has 2 aliphatic heterocycles. The number of nitrogens with one attached hydrogen (secondary N) is 1. The molecule has 10 heteroatoms. The molecule has 4 N–H and O–H groups in total. The van der Waals surface area contributed by atoms with E-state index in [4.69, 9.17) is 10.5 Å². The number of carbonyl (C=O) groups excluding carboxylic acids is 3. The third kappa shape index (κ3) is 7.88. The summed E-state index contributed by atoms with van der Waals surface area (Å²) >= 11 is 0. The van der Waals surface area contributed by atoms with E-state index < -0.39 is 23.5 Å². The molecule has 2 atom stereocenters. The van der Waals surface area contributed by atoms with E-state index in [0.29, 0.717) is 56.7 Å². The Balaban J connectivity index is 1.45. The smallest absolute Gasteiger partial charge is 0.311 e. The van der Waals surface area contributed by atoms with Crippen LogP contribution >= 0.6 is 0 Å². The van der Waals surface area contributed by atoms with Gasteiger partial charge < -0.3 is 30.7 Å². The predicted octanol–water partition coefficient (Wildman–Crippen LogP) is 3.30. The Hall–Kier alpha value is -3.92. The molecule has 0 saturated carbocycles. The van der Waals surface area contributed by atoms with E-state index in [-0.39, 0.29) is 36.7 Å². The van der Waals surface area contributed by atoms with E-state index >= 15 is 0 Å². The molecule has 2 aromatic carbocycles. The molecule has 2 aromatic rings. The summed E-state index contributed by atoms with van der Waals surface area (Å²) in [5.41, 5.74) is 8.31. The van der Waals surface area contributed by atoms with Crippen molar-refractivity contribution in [3.05, 3.63) is 65.2 Å². The molecule has 1 fully saturated rings. The van der Waals surface area contributed by atoms with Crippen molar-refractivity contribution in [2.24, 2.45) is 17.6 Å². The Bertz CT molecular complexity index is 1280. The number of ether oxygens (including phenoxy) is 1. The Morgan fingerprint density at radius 1 is 1.10 bits per heavy atom. The summed E-state index contributed by atoms with van der Waals surface area (Å²) in [6.45, 7) is 7.42. The van der Waals surface area contributed by atoms with E-state index in [1.54, 1.807) is 21.9 Å². The lowest BCUT2D eigenvalue weighted by Crippen LogP contribution is -2.44. The Labute approximate surface area is 247 Å². The standard InChI is InChI=1S/C32H42N4O6/c1-32(2,3)42-31(41)25(19-33)22-12-15-35(16-13-22)29(39)23-9-10-24-20-36(14-11-21-7-5-4-6-8-21)30(40)27(18-28(37)38)34-26(24)17-23/h4-10,17,22,25,27,34H,11-16,18-20,33H2,1-3H3,(H,37,38). The van der Waals surface area contributed by atoms with Gasteiger partial charge in [-0.2, -0.15) is 0 Å². The maximum Gasteiger partial charge on any atom is 0.311 e. The molecule has 0 bridgehead atoms. The van der Waals surface area contributed by atoms with Gasteiger partial charge in [0.15, 0.2) is 0 Å². The maximum atomic E-state index is 13.5. The van der Waals surface area contributed by atoms with Gasteiger partial charge in [-0.05, 0) is 69.2 Å². The second-order valence-corrected chi connectivity index (χ2v) is 12.2. The number of nitrogens with two attached hydrogens (primary N) is 1. The van der Waals surface area contributed by atoms with Crippen molar-refractivity contribution < 1.29 is 29.0 Å². The zero-order valence-corrected chi connectivity index (χ0v) is 24.7. The van der Waals surface area contributed by atoms with E-state index in [1.807, 2.05) is 57.2 Å². The van der Waals surface area contributed by atoms with Crippen LogP contribution in [0.2, 0.25) is 0 Å². The highest BCUT2D eigenvalue weighted by molar-refractivity contribution is 5.96. The van der Waals surface area contributed by atoms with Gasteiger partial charge in [0, 0.05) is 44.0 Å². The number of nitrogens with zero attached hydrogens (tertiary/aromatic N) is 2.